The van der Waals surface area contributed by atoms with Crippen LogP contribution in [0.3, 0.4) is 0 Å². The lowest BCUT2D eigenvalue weighted by molar-refractivity contribution is 0.114. The van der Waals surface area contributed by atoms with Crippen molar-refractivity contribution in [3.8, 4) is 17.2 Å². The Morgan fingerprint density at radius 3 is 2.67 bits per heavy atom. The van der Waals surface area contributed by atoms with Gasteiger partial charge in [-0.3, -0.25) is 9.69 Å². The number of hydrogen-bond acceptors (Lipinski definition) is 3. The van der Waals surface area contributed by atoms with Crippen LogP contribution in [0.1, 0.15) is 29.2 Å². The molecule has 1 saturated heterocycles. The largest absolute Gasteiger partial charge is 0.311 e. The zero-order chi connectivity index (χ0) is 20.7. The van der Waals surface area contributed by atoms with Crippen molar-refractivity contribution in [2.45, 2.75) is 25.4 Å². The molecule has 5 rings (SSSR count). The molecule has 0 spiro atoms. The molecule has 0 N–H and O–H groups in total. The number of pyridine rings is 1. The van der Waals surface area contributed by atoms with E-state index in [-0.39, 0.29) is 17.3 Å². The van der Waals surface area contributed by atoms with Crippen LogP contribution in [0.4, 0.5) is 4.39 Å². The van der Waals surface area contributed by atoms with Crippen molar-refractivity contribution in [1.82, 2.24) is 9.47 Å². The summed E-state index contributed by atoms with van der Waals surface area (Å²) >= 11 is 0. The van der Waals surface area contributed by atoms with Crippen LogP contribution in [0.2, 0.25) is 0 Å². The molecule has 0 saturated carbocycles. The number of nitriles is 1. The Hall–Kier alpha value is -3.23. The summed E-state index contributed by atoms with van der Waals surface area (Å²) in [7, 11) is 0. The van der Waals surface area contributed by atoms with Crippen LogP contribution < -0.4 is 5.56 Å². The monoisotopic (exact) mass is 399 g/mol. The summed E-state index contributed by atoms with van der Waals surface area (Å²) in [5, 5.41) is 9.29. The molecule has 1 fully saturated rings. The highest BCUT2D eigenvalue weighted by atomic mass is 19.1. The average Bonchev–Trinajstić information content (AvgIpc) is 2.76. The first-order chi connectivity index (χ1) is 14.6. The van der Waals surface area contributed by atoms with E-state index in [9.17, 15) is 14.4 Å². The lowest BCUT2D eigenvalue weighted by Crippen LogP contribution is -2.47. The van der Waals surface area contributed by atoms with Crippen molar-refractivity contribution in [3.63, 3.8) is 0 Å². The van der Waals surface area contributed by atoms with Crippen LogP contribution in [0.25, 0.3) is 11.1 Å². The van der Waals surface area contributed by atoms with Crippen molar-refractivity contribution in [2.24, 2.45) is 5.92 Å². The Kier molecular flexibility index (Phi) is 4.72. The number of aromatic nitrogens is 1. The van der Waals surface area contributed by atoms with E-state index in [1.165, 1.54) is 12.1 Å². The second-order valence-electron chi connectivity index (χ2n) is 8.39. The first-order valence-corrected chi connectivity index (χ1v) is 10.3. The van der Waals surface area contributed by atoms with E-state index in [4.69, 9.17) is 0 Å². The highest BCUT2D eigenvalue weighted by molar-refractivity contribution is 5.68. The molecule has 0 amide bonds. The molecular weight excluding hydrogens is 377 g/mol. The Balaban J connectivity index is 1.51. The highest BCUT2D eigenvalue weighted by Crippen LogP contribution is 2.40. The van der Waals surface area contributed by atoms with Gasteiger partial charge in [-0.1, -0.05) is 24.3 Å². The van der Waals surface area contributed by atoms with Crippen LogP contribution in [-0.4, -0.2) is 22.6 Å². The van der Waals surface area contributed by atoms with E-state index in [1.54, 1.807) is 12.1 Å². The van der Waals surface area contributed by atoms with Gasteiger partial charge in [0.1, 0.15) is 5.82 Å². The third-order valence-corrected chi connectivity index (χ3v) is 6.29. The van der Waals surface area contributed by atoms with Gasteiger partial charge in [0.05, 0.1) is 11.6 Å². The van der Waals surface area contributed by atoms with E-state index in [0.29, 0.717) is 11.5 Å². The Bertz CT molecular complexity index is 1190. The minimum absolute atomic E-state index is 0.0480. The van der Waals surface area contributed by atoms with E-state index >= 15 is 0 Å². The summed E-state index contributed by atoms with van der Waals surface area (Å²) in [6.45, 7) is 3.30. The second-order valence-corrected chi connectivity index (χ2v) is 8.39. The third-order valence-electron chi connectivity index (χ3n) is 6.29. The van der Waals surface area contributed by atoms with Gasteiger partial charge in [-0.15, -0.1) is 0 Å². The molecule has 30 heavy (non-hydrogen) atoms. The van der Waals surface area contributed by atoms with Crippen molar-refractivity contribution in [3.05, 3.63) is 93.7 Å². The van der Waals surface area contributed by atoms with Crippen molar-refractivity contribution in [1.29, 1.82) is 5.26 Å². The van der Waals surface area contributed by atoms with Gasteiger partial charge < -0.3 is 4.57 Å². The van der Waals surface area contributed by atoms with E-state index in [0.717, 1.165) is 55.0 Å². The third kappa shape index (κ3) is 3.44. The molecule has 3 heterocycles. The number of nitrogens with zero attached hydrogens (tertiary/aromatic N) is 3. The van der Waals surface area contributed by atoms with Gasteiger partial charge in [0, 0.05) is 49.4 Å². The van der Waals surface area contributed by atoms with Gasteiger partial charge in [0.25, 0.3) is 5.56 Å². The first kappa shape index (κ1) is 18.8. The average molecular weight is 399 g/mol. The Morgan fingerprint density at radius 2 is 1.87 bits per heavy atom. The molecule has 2 aliphatic heterocycles. The molecule has 0 radical (unpaired) electrons. The predicted octanol–water partition coefficient (Wildman–Crippen LogP) is 4.15. The Labute approximate surface area is 174 Å². The highest BCUT2D eigenvalue weighted by Gasteiger charge is 2.36. The number of likely N-dealkylation sites (tertiary alicyclic amines) is 1. The summed E-state index contributed by atoms with van der Waals surface area (Å²) in [6.07, 6.45) is 1.06. The van der Waals surface area contributed by atoms with Gasteiger partial charge in [-0.05, 0) is 53.8 Å². The molecule has 5 heteroatoms. The number of rotatable bonds is 3. The molecule has 0 aliphatic carbocycles. The SMILES string of the molecule is N#Cc1cccc(-c2ccc(=O)n3c2[C@H]2C[C@@H](CN(Cc4ccc(F)cc4)C2)C3)c1. The van der Waals surface area contributed by atoms with Crippen LogP contribution >= 0.6 is 0 Å². The zero-order valence-corrected chi connectivity index (χ0v) is 16.6. The molecule has 2 atom stereocenters. The number of halogens is 1. The number of hydrogen-bond donors (Lipinski definition) is 0. The van der Waals surface area contributed by atoms with Gasteiger partial charge in [-0.2, -0.15) is 5.26 Å². The van der Waals surface area contributed by atoms with E-state index in [1.807, 2.05) is 41.0 Å². The predicted molar refractivity (Wildman–Crippen MR) is 113 cm³/mol. The number of piperidine rings is 1. The van der Waals surface area contributed by atoms with Gasteiger partial charge in [-0.25, -0.2) is 4.39 Å². The summed E-state index contributed by atoms with van der Waals surface area (Å²) in [6, 6.07) is 20.1. The number of fused-ring (bicyclic) bond motifs is 4. The standard InChI is InChI=1S/C25H22FN3O/c26-22-6-4-17(5-7-22)13-28-14-19-11-21(16-28)25-23(8-9-24(30)29(25)15-19)20-3-1-2-18(10-20)12-27/h1-10,19,21H,11,13-16H2/t19-,21-/m0/s1. The Morgan fingerprint density at radius 1 is 1.03 bits per heavy atom. The molecule has 150 valence electrons. The normalized spacial score (nSPS) is 20.4. The zero-order valence-electron chi connectivity index (χ0n) is 16.6. The van der Waals surface area contributed by atoms with Crippen LogP contribution in [-0.2, 0) is 13.1 Å². The fourth-order valence-corrected chi connectivity index (χ4v) is 5.09. The quantitative estimate of drug-likeness (QED) is 0.665. The fraction of sp³-hybridized carbons (Fsp3) is 0.280. The van der Waals surface area contributed by atoms with E-state index < -0.39 is 0 Å². The smallest absolute Gasteiger partial charge is 0.250 e. The molecular formula is C25H22FN3O. The van der Waals surface area contributed by atoms with Gasteiger partial charge in [0.15, 0.2) is 0 Å². The molecule has 2 aromatic carbocycles. The minimum atomic E-state index is -0.216. The van der Waals surface area contributed by atoms with Crippen molar-refractivity contribution < 1.29 is 4.39 Å². The first-order valence-electron chi connectivity index (χ1n) is 10.3. The van der Waals surface area contributed by atoms with Crippen molar-refractivity contribution in [2.75, 3.05) is 13.1 Å². The van der Waals surface area contributed by atoms with Crippen LogP contribution in [0.15, 0.2) is 65.5 Å². The molecule has 1 aromatic heterocycles. The molecule has 2 bridgehead atoms. The van der Waals surface area contributed by atoms with Gasteiger partial charge in [0.2, 0.25) is 0 Å². The number of benzene rings is 2. The van der Waals surface area contributed by atoms with Gasteiger partial charge >= 0.3 is 0 Å². The molecule has 4 nitrogen and oxygen atoms in total. The van der Waals surface area contributed by atoms with Crippen LogP contribution in [0, 0.1) is 23.1 Å². The molecule has 2 aliphatic rings. The molecule has 3 aromatic rings. The molecule has 0 unspecified atom stereocenters. The maximum atomic E-state index is 13.2. The van der Waals surface area contributed by atoms with Crippen LogP contribution in [0.5, 0.6) is 0 Å². The lowest BCUT2D eigenvalue weighted by Gasteiger charge is -2.43. The summed E-state index contributed by atoms with van der Waals surface area (Å²) in [5.41, 5.74) is 4.87. The lowest BCUT2D eigenvalue weighted by atomic mass is 9.80. The topological polar surface area (TPSA) is 49.0 Å². The second kappa shape index (κ2) is 7.55. The van der Waals surface area contributed by atoms with Crippen molar-refractivity contribution >= 4 is 0 Å². The maximum absolute atomic E-state index is 13.2. The van der Waals surface area contributed by atoms with E-state index in [2.05, 4.69) is 11.0 Å². The fourth-order valence-electron chi connectivity index (χ4n) is 5.09. The summed E-state index contributed by atoms with van der Waals surface area (Å²) in [5.74, 6) is 0.467. The summed E-state index contributed by atoms with van der Waals surface area (Å²) in [4.78, 5) is 15.1. The maximum Gasteiger partial charge on any atom is 0.250 e. The summed E-state index contributed by atoms with van der Waals surface area (Å²) < 4.78 is 15.2. The minimum Gasteiger partial charge on any atom is -0.311 e.